The van der Waals surface area contributed by atoms with E-state index in [9.17, 15) is 13.5 Å². The van der Waals surface area contributed by atoms with E-state index in [4.69, 9.17) is 5.73 Å². The molecular weight excluding hydrogens is 322 g/mol. The largest absolute Gasteiger partial charge is 0.396 e. The Kier molecular flexibility index (Phi) is 4.28. The minimum absolute atomic E-state index is 0.137. The Hall–Kier alpha value is -1.69. The fourth-order valence-electron chi connectivity index (χ4n) is 3.59. The van der Waals surface area contributed by atoms with Gasteiger partial charge in [0.15, 0.2) is 9.84 Å². The SMILES string of the molecule is Cc1ccc([C@@H]2[C@H](S(=O)(=O)c3ccc(C)cc3)[C@@]2(CN)CO)cc1. The maximum Gasteiger partial charge on any atom is 0.182 e. The molecule has 1 saturated carbocycles. The first-order chi connectivity index (χ1) is 11.4. The first-order valence-electron chi connectivity index (χ1n) is 8.05. The second-order valence-electron chi connectivity index (χ2n) is 6.76. The molecule has 24 heavy (non-hydrogen) atoms. The Morgan fingerprint density at radius 1 is 1.00 bits per heavy atom. The molecule has 1 aliphatic carbocycles. The molecule has 0 heterocycles. The number of hydrogen-bond donors (Lipinski definition) is 2. The molecule has 0 radical (unpaired) electrons. The van der Waals surface area contributed by atoms with Crippen LogP contribution in [0.25, 0.3) is 0 Å². The first kappa shape index (κ1) is 17.1. The summed E-state index contributed by atoms with van der Waals surface area (Å²) >= 11 is 0. The van der Waals surface area contributed by atoms with Crippen LogP contribution < -0.4 is 5.73 Å². The van der Waals surface area contributed by atoms with E-state index in [-0.39, 0.29) is 19.1 Å². The van der Waals surface area contributed by atoms with Crippen molar-refractivity contribution in [2.45, 2.75) is 29.9 Å². The molecule has 3 atom stereocenters. The third kappa shape index (κ3) is 2.57. The molecule has 0 amide bonds. The Morgan fingerprint density at radius 3 is 1.96 bits per heavy atom. The van der Waals surface area contributed by atoms with Gasteiger partial charge in [-0.1, -0.05) is 47.5 Å². The smallest absolute Gasteiger partial charge is 0.182 e. The third-order valence-electron chi connectivity index (χ3n) is 5.17. The van der Waals surface area contributed by atoms with Crippen LogP contribution in [0.5, 0.6) is 0 Å². The van der Waals surface area contributed by atoms with E-state index in [0.717, 1.165) is 16.7 Å². The number of hydrogen-bond acceptors (Lipinski definition) is 4. The van der Waals surface area contributed by atoms with Crippen LogP contribution in [0.15, 0.2) is 53.4 Å². The highest BCUT2D eigenvalue weighted by atomic mass is 32.2. The Bertz CT molecular complexity index is 822. The number of aryl methyl sites for hydroxylation is 2. The van der Waals surface area contributed by atoms with Gasteiger partial charge in [-0.25, -0.2) is 8.42 Å². The Morgan fingerprint density at radius 2 is 1.50 bits per heavy atom. The zero-order valence-electron chi connectivity index (χ0n) is 13.9. The van der Waals surface area contributed by atoms with Gasteiger partial charge in [0, 0.05) is 17.9 Å². The summed E-state index contributed by atoms with van der Waals surface area (Å²) in [6.45, 7) is 3.80. The van der Waals surface area contributed by atoms with Crippen LogP contribution in [0, 0.1) is 19.3 Å². The lowest BCUT2D eigenvalue weighted by molar-refractivity contribution is 0.212. The molecule has 2 aromatic rings. The van der Waals surface area contributed by atoms with Gasteiger partial charge in [0.2, 0.25) is 0 Å². The molecule has 0 spiro atoms. The molecule has 0 aromatic heterocycles. The van der Waals surface area contributed by atoms with Crippen molar-refractivity contribution < 1.29 is 13.5 Å². The molecule has 128 valence electrons. The zero-order chi connectivity index (χ0) is 17.5. The van der Waals surface area contributed by atoms with Gasteiger partial charge < -0.3 is 10.8 Å². The normalized spacial score (nSPS) is 26.3. The van der Waals surface area contributed by atoms with Crippen LogP contribution in [0.4, 0.5) is 0 Å². The minimum Gasteiger partial charge on any atom is -0.396 e. The van der Waals surface area contributed by atoms with Gasteiger partial charge in [-0.15, -0.1) is 0 Å². The summed E-state index contributed by atoms with van der Waals surface area (Å²) in [5.41, 5.74) is 8.13. The van der Waals surface area contributed by atoms with Gasteiger partial charge in [-0.2, -0.15) is 0 Å². The second-order valence-corrected chi connectivity index (χ2v) is 8.83. The van der Waals surface area contributed by atoms with E-state index in [0.29, 0.717) is 4.90 Å². The number of aliphatic hydroxyl groups is 1. The van der Waals surface area contributed by atoms with Gasteiger partial charge in [-0.05, 0) is 31.5 Å². The van der Waals surface area contributed by atoms with E-state index in [1.807, 2.05) is 38.1 Å². The van der Waals surface area contributed by atoms with Gasteiger partial charge in [0.25, 0.3) is 0 Å². The highest BCUT2D eigenvalue weighted by molar-refractivity contribution is 7.92. The second kappa shape index (κ2) is 5.99. The molecule has 1 aliphatic rings. The van der Waals surface area contributed by atoms with E-state index >= 15 is 0 Å². The van der Waals surface area contributed by atoms with Gasteiger partial charge in [0.1, 0.15) is 0 Å². The van der Waals surface area contributed by atoms with Crippen molar-refractivity contribution >= 4 is 9.84 Å². The average Bonchev–Trinajstić information content (AvgIpc) is 3.26. The third-order valence-corrected chi connectivity index (χ3v) is 7.51. The van der Waals surface area contributed by atoms with Crippen LogP contribution in [-0.2, 0) is 9.84 Å². The summed E-state index contributed by atoms with van der Waals surface area (Å²) in [7, 11) is -3.56. The van der Waals surface area contributed by atoms with Crippen molar-refractivity contribution in [2.75, 3.05) is 13.2 Å². The number of nitrogens with two attached hydrogens (primary N) is 1. The van der Waals surface area contributed by atoms with Crippen molar-refractivity contribution in [3.8, 4) is 0 Å². The Labute approximate surface area is 143 Å². The van der Waals surface area contributed by atoms with E-state index < -0.39 is 20.5 Å². The zero-order valence-corrected chi connectivity index (χ0v) is 14.8. The molecule has 3 N–H and O–H groups in total. The average molecular weight is 345 g/mol. The van der Waals surface area contributed by atoms with Crippen molar-refractivity contribution in [3.63, 3.8) is 0 Å². The van der Waals surface area contributed by atoms with Crippen LogP contribution >= 0.6 is 0 Å². The molecule has 4 nitrogen and oxygen atoms in total. The first-order valence-corrected chi connectivity index (χ1v) is 9.59. The van der Waals surface area contributed by atoms with E-state index in [1.165, 1.54) is 0 Å². The predicted octanol–water partition coefficient (Wildman–Crippen LogP) is 2.18. The maximum absolute atomic E-state index is 13.1. The van der Waals surface area contributed by atoms with Gasteiger partial charge >= 0.3 is 0 Å². The molecule has 0 saturated heterocycles. The summed E-state index contributed by atoms with van der Waals surface area (Å²) in [5, 5.41) is 9.23. The van der Waals surface area contributed by atoms with Crippen LogP contribution in [0.2, 0.25) is 0 Å². The van der Waals surface area contributed by atoms with Crippen LogP contribution in [0.1, 0.15) is 22.6 Å². The van der Waals surface area contributed by atoms with E-state index in [2.05, 4.69) is 0 Å². The van der Waals surface area contributed by atoms with E-state index in [1.54, 1.807) is 24.3 Å². The summed E-state index contributed by atoms with van der Waals surface area (Å²) in [6, 6.07) is 14.6. The molecule has 3 rings (SSSR count). The number of rotatable bonds is 5. The summed E-state index contributed by atoms with van der Waals surface area (Å²) < 4.78 is 26.2. The van der Waals surface area contributed by atoms with Crippen molar-refractivity contribution in [2.24, 2.45) is 11.1 Å². The van der Waals surface area contributed by atoms with Crippen LogP contribution in [0.3, 0.4) is 0 Å². The topological polar surface area (TPSA) is 80.4 Å². The lowest BCUT2D eigenvalue weighted by Gasteiger charge is -2.12. The monoisotopic (exact) mass is 345 g/mol. The summed E-state index contributed by atoms with van der Waals surface area (Å²) in [6.07, 6.45) is 0. The fourth-order valence-corrected chi connectivity index (χ4v) is 6.04. The van der Waals surface area contributed by atoms with Crippen molar-refractivity contribution in [3.05, 3.63) is 65.2 Å². The lowest BCUT2D eigenvalue weighted by Crippen LogP contribution is -2.27. The lowest BCUT2D eigenvalue weighted by atomic mass is 9.99. The van der Waals surface area contributed by atoms with Gasteiger partial charge in [-0.3, -0.25) is 0 Å². The standard InChI is InChI=1S/C19H23NO3S/c1-13-3-7-15(8-4-13)17-18(19(17,11-20)12-21)24(22,23)16-9-5-14(2)6-10-16/h3-10,17-18,21H,11-12,20H2,1-2H3/t17-,18+,19+/m1/s1. The molecule has 1 fully saturated rings. The van der Waals surface area contributed by atoms with Crippen LogP contribution in [-0.4, -0.2) is 31.9 Å². The Balaban J connectivity index is 2.04. The molecule has 2 aromatic carbocycles. The van der Waals surface area contributed by atoms with Gasteiger partial charge in [0.05, 0.1) is 16.8 Å². The summed E-state index contributed by atoms with van der Waals surface area (Å²) in [5.74, 6) is -0.278. The number of benzene rings is 2. The fraction of sp³-hybridized carbons (Fsp3) is 0.368. The molecule has 0 aliphatic heterocycles. The predicted molar refractivity (Wildman–Crippen MR) is 94.6 cm³/mol. The molecule has 5 heteroatoms. The molecule has 0 bridgehead atoms. The highest BCUT2D eigenvalue weighted by Gasteiger charge is 2.70. The maximum atomic E-state index is 13.1. The molecule has 0 unspecified atom stereocenters. The minimum atomic E-state index is -3.56. The number of sulfone groups is 1. The number of aliphatic hydroxyl groups excluding tert-OH is 1. The quantitative estimate of drug-likeness (QED) is 0.870. The molecular formula is C19H23NO3S. The highest BCUT2D eigenvalue weighted by Crippen LogP contribution is 2.63. The summed E-state index contributed by atoms with van der Waals surface area (Å²) in [4.78, 5) is 0.291. The van der Waals surface area contributed by atoms with Crippen molar-refractivity contribution in [1.82, 2.24) is 0 Å². The van der Waals surface area contributed by atoms with Crippen molar-refractivity contribution in [1.29, 1.82) is 0 Å².